The number of amides is 1. The predicted octanol–water partition coefficient (Wildman–Crippen LogP) is 0.764. The lowest BCUT2D eigenvalue weighted by atomic mass is 10.2. The molecule has 0 atom stereocenters. The predicted molar refractivity (Wildman–Crippen MR) is 39.2 cm³/mol. The molecular formula is C8H10NO. The van der Waals surface area contributed by atoms with Crippen molar-refractivity contribution in [3.63, 3.8) is 0 Å². The Bertz CT molecular complexity index is 172. The minimum atomic E-state index is 0.0118. The van der Waals surface area contributed by atoms with Crippen LogP contribution in [0.2, 0.25) is 0 Å². The van der Waals surface area contributed by atoms with Crippen LogP contribution in [0.3, 0.4) is 0 Å². The van der Waals surface area contributed by atoms with Crippen molar-refractivity contribution in [1.29, 1.82) is 0 Å². The molecule has 2 nitrogen and oxygen atoms in total. The van der Waals surface area contributed by atoms with E-state index >= 15 is 0 Å². The summed E-state index contributed by atoms with van der Waals surface area (Å²) in [6.07, 6.45) is 7.11. The summed E-state index contributed by atoms with van der Waals surface area (Å²) in [5.74, 6) is 0.0118. The van der Waals surface area contributed by atoms with Crippen LogP contribution in [0.4, 0.5) is 0 Å². The van der Waals surface area contributed by atoms with Crippen LogP contribution in [0, 0.1) is 6.08 Å². The Balaban J connectivity index is 2.49. The fraction of sp³-hybridized carbons (Fsp3) is 0.375. The van der Waals surface area contributed by atoms with Gasteiger partial charge in [-0.3, -0.25) is 4.79 Å². The first kappa shape index (κ1) is 7.06. The lowest BCUT2D eigenvalue weighted by Crippen LogP contribution is -2.32. The van der Waals surface area contributed by atoms with E-state index in [1.165, 1.54) is 6.08 Å². The standard InChI is InChI=1S/C8H10NO/c1-2-8(10)9-6-4-3-5-7-9/h2,4H,1,5-7H2. The molecular weight excluding hydrogens is 126 g/mol. The summed E-state index contributed by atoms with van der Waals surface area (Å²) in [4.78, 5) is 12.7. The van der Waals surface area contributed by atoms with Gasteiger partial charge >= 0.3 is 0 Å². The third kappa shape index (κ3) is 1.47. The first-order valence-corrected chi connectivity index (χ1v) is 3.31. The van der Waals surface area contributed by atoms with Crippen LogP contribution in [-0.4, -0.2) is 23.9 Å². The van der Waals surface area contributed by atoms with E-state index in [1.807, 2.05) is 6.08 Å². The van der Waals surface area contributed by atoms with Gasteiger partial charge < -0.3 is 4.90 Å². The molecule has 0 unspecified atom stereocenters. The van der Waals surface area contributed by atoms with Gasteiger partial charge in [0.1, 0.15) is 0 Å². The fourth-order valence-corrected chi connectivity index (χ4v) is 0.897. The zero-order chi connectivity index (χ0) is 7.40. The number of nitrogens with zero attached hydrogens (tertiary/aromatic N) is 1. The largest absolute Gasteiger partial charge is 0.335 e. The van der Waals surface area contributed by atoms with Crippen LogP contribution in [0.1, 0.15) is 6.42 Å². The highest BCUT2D eigenvalue weighted by Crippen LogP contribution is 2.00. The van der Waals surface area contributed by atoms with E-state index in [-0.39, 0.29) is 5.91 Å². The molecule has 0 aliphatic carbocycles. The molecule has 1 heterocycles. The number of carbonyl (C=O) groups is 1. The number of rotatable bonds is 1. The van der Waals surface area contributed by atoms with Crippen molar-refractivity contribution < 1.29 is 4.79 Å². The van der Waals surface area contributed by atoms with Crippen molar-refractivity contribution in [1.82, 2.24) is 4.90 Å². The van der Waals surface area contributed by atoms with E-state index < -0.39 is 0 Å². The van der Waals surface area contributed by atoms with Crippen LogP contribution in [0.25, 0.3) is 0 Å². The lowest BCUT2D eigenvalue weighted by molar-refractivity contribution is -0.125. The molecule has 0 aromatic heterocycles. The van der Waals surface area contributed by atoms with Crippen LogP contribution >= 0.6 is 0 Å². The van der Waals surface area contributed by atoms with Crippen molar-refractivity contribution in [3.8, 4) is 0 Å². The van der Waals surface area contributed by atoms with Crippen molar-refractivity contribution in [2.45, 2.75) is 6.42 Å². The van der Waals surface area contributed by atoms with Crippen LogP contribution in [0.15, 0.2) is 18.7 Å². The average molecular weight is 136 g/mol. The Morgan fingerprint density at radius 2 is 2.60 bits per heavy atom. The Kier molecular flexibility index (Phi) is 2.26. The summed E-state index contributed by atoms with van der Waals surface area (Å²) < 4.78 is 0. The third-order valence-electron chi connectivity index (χ3n) is 1.47. The number of hydrogen-bond acceptors (Lipinski definition) is 1. The molecule has 0 spiro atoms. The monoisotopic (exact) mass is 136 g/mol. The third-order valence-corrected chi connectivity index (χ3v) is 1.47. The van der Waals surface area contributed by atoms with E-state index in [0.29, 0.717) is 6.54 Å². The molecule has 53 valence electrons. The molecule has 1 aliphatic rings. The fourth-order valence-electron chi connectivity index (χ4n) is 0.897. The van der Waals surface area contributed by atoms with Crippen LogP contribution in [0.5, 0.6) is 0 Å². The van der Waals surface area contributed by atoms with Crippen LogP contribution in [-0.2, 0) is 4.79 Å². The quantitative estimate of drug-likeness (QED) is 0.487. The minimum Gasteiger partial charge on any atom is -0.335 e. The molecule has 1 radical (unpaired) electrons. The Hall–Kier alpha value is -1.05. The van der Waals surface area contributed by atoms with Gasteiger partial charge in [-0.1, -0.05) is 12.7 Å². The smallest absolute Gasteiger partial charge is 0.246 e. The van der Waals surface area contributed by atoms with Gasteiger partial charge in [0, 0.05) is 13.1 Å². The maximum atomic E-state index is 10.9. The van der Waals surface area contributed by atoms with Crippen molar-refractivity contribution in [2.24, 2.45) is 0 Å². The maximum absolute atomic E-state index is 10.9. The summed E-state index contributed by atoms with van der Waals surface area (Å²) >= 11 is 0. The molecule has 0 fully saturated rings. The Morgan fingerprint density at radius 1 is 1.80 bits per heavy atom. The van der Waals surface area contributed by atoms with E-state index in [2.05, 4.69) is 12.7 Å². The highest BCUT2D eigenvalue weighted by molar-refractivity contribution is 5.87. The second kappa shape index (κ2) is 3.20. The number of hydrogen-bond donors (Lipinski definition) is 0. The van der Waals surface area contributed by atoms with Crippen LogP contribution < -0.4 is 0 Å². The summed E-state index contributed by atoms with van der Waals surface area (Å²) in [5.41, 5.74) is 0. The second-order valence-corrected chi connectivity index (χ2v) is 2.15. The normalized spacial score (nSPS) is 17.0. The molecule has 1 aliphatic heterocycles. The average Bonchev–Trinajstić information content (AvgIpc) is 2.05. The molecule has 2 heteroatoms. The lowest BCUT2D eigenvalue weighted by Gasteiger charge is -2.20. The van der Waals surface area contributed by atoms with Crippen molar-refractivity contribution >= 4 is 5.91 Å². The highest BCUT2D eigenvalue weighted by atomic mass is 16.2. The summed E-state index contributed by atoms with van der Waals surface area (Å²) in [5, 5.41) is 0. The Labute approximate surface area is 60.8 Å². The summed E-state index contributed by atoms with van der Waals surface area (Å²) in [7, 11) is 0. The molecule has 0 aromatic rings. The van der Waals surface area contributed by atoms with E-state index in [1.54, 1.807) is 4.90 Å². The Morgan fingerprint density at radius 3 is 3.10 bits per heavy atom. The van der Waals surface area contributed by atoms with Gasteiger partial charge in [0.05, 0.1) is 0 Å². The van der Waals surface area contributed by atoms with Gasteiger partial charge in [-0.15, -0.1) is 0 Å². The van der Waals surface area contributed by atoms with Gasteiger partial charge in [-0.05, 0) is 18.6 Å². The van der Waals surface area contributed by atoms with Gasteiger partial charge in [0.25, 0.3) is 0 Å². The topological polar surface area (TPSA) is 20.3 Å². The number of carbonyl (C=O) groups excluding carboxylic acids is 1. The molecule has 0 aromatic carbocycles. The molecule has 0 saturated carbocycles. The molecule has 0 N–H and O–H groups in total. The van der Waals surface area contributed by atoms with Gasteiger partial charge in [0.2, 0.25) is 5.91 Å². The van der Waals surface area contributed by atoms with Gasteiger partial charge in [-0.2, -0.15) is 0 Å². The first-order chi connectivity index (χ1) is 4.84. The van der Waals surface area contributed by atoms with E-state index in [4.69, 9.17) is 0 Å². The molecule has 0 bridgehead atoms. The van der Waals surface area contributed by atoms with Gasteiger partial charge in [-0.25, -0.2) is 0 Å². The molecule has 0 saturated heterocycles. The highest BCUT2D eigenvalue weighted by Gasteiger charge is 2.08. The first-order valence-electron chi connectivity index (χ1n) is 3.31. The zero-order valence-corrected chi connectivity index (χ0v) is 5.84. The molecule has 1 amide bonds. The van der Waals surface area contributed by atoms with Gasteiger partial charge in [0.15, 0.2) is 0 Å². The van der Waals surface area contributed by atoms with E-state index in [0.717, 1.165) is 13.0 Å². The van der Waals surface area contributed by atoms with E-state index in [9.17, 15) is 4.79 Å². The maximum Gasteiger partial charge on any atom is 0.246 e. The second-order valence-electron chi connectivity index (χ2n) is 2.15. The zero-order valence-electron chi connectivity index (χ0n) is 5.84. The van der Waals surface area contributed by atoms with Crippen molar-refractivity contribution in [3.05, 3.63) is 24.8 Å². The minimum absolute atomic E-state index is 0.0118. The molecule has 10 heavy (non-hydrogen) atoms. The molecule has 1 rings (SSSR count). The SMILES string of the molecule is C=CC(=O)N1CC=[C]CC1. The summed E-state index contributed by atoms with van der Waals surface area (Å²) in [6, 6.07) is 0. The van der Waals surface area contributed by atoms with Crippen molar-refractivity contribution in [2.75, 3.05) is 13.1 Å². The summed E-state index contributed by atoms with van der Waals surface area (Å²) in [6.45, 7) is 4.87.